The van der Waals surface area contributed by atoms with Crippen molar-refractivity contribution >= 4 is 0 Å². The summed E-state index contributed by atoms with van der Waals surface area (Å²) in [5.74, 6) is 0. The van der Waals surface area contributed by atoms with Crippen LogP contribution in [0.15, 0.2) is 0 Å². The number of ether oxygens (including phenoxy) is 2. The third kappa shape index (κ3) is 7.02. The third-order valence-electron chi connectivity index (χ3n) is 3.20. The predicted molar refractivity (Wildman–Crippen MR) is 71.4 cm³/mol. The summed E-state index contributed by atoms with van der Waals surface area (Å²) >= 11 is 0. The monoisotopic (exact) mass is 243 g/mol. The molecule has 1 rings (SSSR count). The lowest BCUT2D eigenvalue weighted by Crippen LogP contribution is -2.37. The summed E-state index contributed by atoms with van der Waals surface area (Å²) in [5.41, 5.74) is 0. The van der Waals surface area contributed by atoms with Crippen LogP contribution in [0.3, 0.4) is 0 Å². The molecule has 0 heterocycles. The van der Waals surface area contributed by atoms with Crippen molar-refractivity contribution in [1.82, 2.24) is 5.32 Å². The SMILES string of the molecule is CCCNC1CCCC(OCCOC(C)C)C1. The lowest BCUT2D eigenvalue weighted by Gasteiger charge is -2.30. The molecule has 0 radical (unpaired) electrons. The first-order valence-electron chi connectivity index (χ1n) is 7.19. The molecular formula is C14H29NO2. The van der Waals surface area contributed by atoms with Gasteiger partial charge in [-0.3, -0.25) is 0 Å². The normalized spacial score (nSPS) is 25.4. The maximum Gasteiger partial charge on any atom is 0.0704 e. The molecule has 0 amide bonds. The summed E-state index contributed by atoms with van der Waals surface area (Å²) in [6, 6.07) is 0.666. The van der Waals surface area contributed by atoms with E-state index in [4.69, 9.17) is 9.47 Å². The van der Waals surface area contributed by atoms with E-state index in [-0.39, 0.29) is 0 Å². The quantitative estimate of drug-likeness (QED) is 0.665. The smallest absolute Gasteiger partial charge is 0.0704 e. The van der Waals surface area contributed by atoms with E-state index in [1.165, 1.54) is 32.1 Å². The van der Waals surface area contributed by atoms with E-state index in [0.717, 1.165) is 19.8 Å². The molecule has 0 aliphatic heterocycles. The summed E-state index contributed by atoms with van der Waals surface area (Å²) in [6.07, 6.45) is 6.94. The number of hydrogen-bond donors (Lipinski definition) is 1. The second-order valence-electron chi connectivity index (χ2n) is 5.23. The van der Waals surface area contributed by atoms with Gasteiger partial charge in [0.2, 0.25) is 0 Å². The van der Waals surface area contributed by atoms with Gasteiger partial charge in [-0.15, -0.1) is 0 Å². The Balaban J connectivity index is 2.07. The Kier molecular flexibility index (Phi) is 7.82. The largest absolute Gasteiger partial charge is 0.376 e. The Morgan fingerprint density at radius 3 is 2.76 bits per heavy atom. The first-order valence-corrected chi connectivity index (χ1v) is 7.19. The van der Waals surface area contributed by atoms with E-state index in [0.29, 0.717) is 18.2 Å². The minimum atomic E-state index is 0.309. The molecule has 0 aromatic rings. The number of rotatable bonds is 8. The van der Waals surface area contributed by atoms with Crippen molar-refractivity contribution in [3.05, 3.63) is 0 Å². The second kappa shape index (κ2) is 8.90. The van der Waals surface area contributed by atoms with Crippen LogP contribution in [0.5, 0.6) is 0 Å². The van der Waals surface area contributed by atoms with Gasteiger partial charge in [-0.05, 0) is 52.5 Å². The molecule has 1 aliphatic rings. The molecule has 1 aliphatic carbocycles. The fraction of sp³-hybridized carbons (Fsp3) is 1.00. The van der Waals surface area contributed by atoms with Gasteiger partial charge >= 0.3 is 0 Å². The Hall–Kier alpha value is -0.120. The van der Waals surface area contributed by atoms with Gasteiger partial charge in [0.1, 0.15) is 0 Å². The molecule has 1 saturated carbocycles. The van der Waals surface area contributed by atoms with Gasteiger partial charge in [-0.1, -0.05) is 6.92 Å². The van der Waals surface area contributed by atoms with Crippen LogP contribution in [0.2, 0.25) is 0 Å². The topological polar surface area (TPSA) is 30.5 Å². The second-order valence-corrected chi connectivity index (χ2v) is 5.23. The van der Waals surface area contributed by atoms with Crippen LogP contribution < -0.4 is 5.32 Å². The van der Waals surface area contributed by atoms with Crippen LogP contribution in [0, 0.1) is 0 Å². The predicted octanol–water partition coefficient (Wildman–Crippen LogP) is 2.74. The van der Waals surface area contributed by atoms with Crippen LogP contribution >= 0.6 is 0 Å². The highest BCUT2D eigenvalue weighted by Gasteiger charge is 2.21. The van der Waals surface area contributed by atoms with Crippen molar-refractivity contribution in [2.75, 3.05) is 19.8 Å². The van der Waals surface area contributed by atoms with E-state index < -0.39 is 0 Å². The van der Waals surface area contributed by atoms with Crippen LogP contribution in [-0.4, -0.2) is 38.0 Å². The molecular weight excluding hydrogens is 214 g/mol. The summed E-state index contributed by atoms with van der Waals surface area (Å²) in [7, 11) is 0. The van der Waals surface area contributed by atoms with Gasteiger partial charge < -0.3 is 14.8 Å². The molecule has 0 bridgehead atoms. The van der Waals surface area contributed by atoms with Gasteiger partial charge in [-0.25, -0.2) is 0 Å². The maximum absolute atomic E-state index is 5.88. The van der Waals surface area contributed by atoms with E-state index in [2.05, 4.69) is 26.1 Å². The molecule has 17 heavy (non-hydrogen) atoms. The first-order chi connectivity index (χ1) is 8.22. The van der Waals surface area contributed by atoms with E-state index in [9.17, 15) is 0 Å². The fourth-order valence-corrected chi connectivity index (χ4v) is 2.33. The van der Waals surface area contributed by atoms with Crippen LogP contribution in [0.4, 0.5) is 0 Å². The molecule has 1 N–H and O–H groups in total. The van der Waals surface area contributed by atoms with E-state index in [1.807, 2.05) is 0 Å². The van der Waals surface area contributed by atoms with Crippen molar-refractivity contribution in [2.45, 2.75) is 71.1 Å². The van der Waals surface area contributed by atoms with Crippen molar-refractivity contribution in [2.24, 2.45) is 0 Å². The van der Waals surface area contributed by atoms with Gasteiger partial charge in [0.25, 0.3) is 0 Å². The highest BCUT2D eigenvalue weighted by molar-refractivity contribution is 4.78. The van der Waals surface area contributed by atoms with Crippen LogP contribution in [0.1, 0.15) is 52.9 Å². The van der Waals surface area contributed by atoms with Crippen molar-refractivity contribution < 1.29 is 9.47 Å². The summed E-state index contributed by atoms with van der Waals surface area (Å²) in [5, 5.41) is 3.60. The summed E-state index contributed by atoms with van der Waals surface area (Å²) in [6.45, 7) is 8.93. The average molecular weight is 243 g/mol. The molecule has 2 unspecified atom stereocenters. The molecule has 3 heteroatoms. The molecule has 0 aromatic carbocycles. The minimum Gasteiger partial charge on any atom is -0.376 e. The Bertz CT molecular complexity index is 185. The van der Waals surface area contributed by atoms with Crippen LogP contribution in [0.25, 0.3) is 0 Å². The minimum absolute atomic E-state index is 0.309. The fourth-order valence-electron chi connectivity index (χ4n) is 2.33. The zero-order chi connectivity index (χ0) is 12.5. The molecule has 0 spiro atoms. The molecule has 3 nitrogen and oxygen atoms in total. The summed E-state index contributed by atoms with van der Waals surface area (Å²) < 4.78 is 11.4. The Labute approximate surface area is 106 Å². The van der Waals surface area contributed by atoms with Crippen LogP contribution in [-0.2, 0) is 9.47 Å². The lowest BCUT2D eigenvalue weighted by molar-refractivity contribution is -0.0281. The van der Waals surface area contributed by atoms with Gasteiger partial charge in [0.05, 0.1) is 25.4 Å². The van der Waals surface area contributed by atoms with Gasteiger partial charge in [-0.2, -0.15) is 0 Å². The number of hydrogen-bond acceptors (Lipinski definition) is 3. The maximum atomic E-state index is 5.88. The highest BCUT2D eigenvalue weighted by atomic mass is 16.5. The first kappa shape index (κ1) is 14.9. The van der Waals surface area contributed by atoms with Crippen molar-refractivity contribution in [3.8, 4) is 0 Å². The van der Waals surface area contributed by atoms with Crippen molar-refractivity contribution in [3.63, 3.8) is 0 Å². The summed E-state index contributed by atoms with van der Waals surface area (Å²) in [4.78, 5) is 0. The number of nitrogens with one attached hydrogen (secondary N) is 1. The zero-order valence-corrected chi connectivity index (χ0v) is 11.7. The highest BCUT2D eigenvalue weighted by Crippen LogP contribution is 2.21. The standard InChI is InChI=1S/C14H29NO2/c1-4-8-15-13-6-5-7-14(11-13)17-10-9-16-12(2)3/h12-15H,4-11H2,1-3H3. The molecule has 0 saturated heterocycles. The molecule has 0 aromatic heterocycles. The average Bonchev–Trinajstić information content (AvgIpc) is 2.32. The van der Waals surface area contributed by atoms with Gasteiger partial charge in [0.15, 0.2) is 0 Å². The third-order valence-corrected chi connectivity index (χ3v) is 3.20. The Morgan fingerprint density at radius 2 is 2.06 bits per heavy atom. The zero-order valence-electron chi connectivity index (χ0n) is 11.7. The lowest BCUT2D eigenvalue weighted by atomic mass is 9.93. The van der Waals surface area contributed by atoms with E-state index in [1.54, 1.807) is 0 Å². The van der Waals surface area contributed by atoms with Crippen molar-refractivity contribution in [1.29, 1.82) is 0 Å². The van der Waals surface area contributed by atoms with E-state index >= 15 is 0 Å². The molecule has 1 fully saturated rings. The molecule has 2 atom stereocenters. The molecule has 102 valence electrons. The van der Waals surface area contributed by atoms with Gasteiger partial charge in [0, 0.05) is 6.04 Å². The Morgan fingerprint density at radius 1 is 1.24 bits per heavy atom.